The SMILES string of the molecule is CCCC(=O)N(CC(=O)N(Cc1ccccc1)Cc1cccn1Cc1ccc(F)cc1)C(C)C. The van der Waals surface area contributed by atoms with E-state index in [9.17, 15) is 14.0 Å². The van der Waals surface area contributed by atoms with E-state index in [0.717, 1.165) is 23.2 Å². The molecule has 3 rings (SSSR count). The van der Waals surface area contributed by atoms with Gasteiger partial charge in [0.25, 0.3) is 0 Å². The summed E-state index contributed by atoms with van der Waals surface area (Å²) in [4.78, 5) is 29.6. The van der Waals surface area contributed by atoms with Gasteiger partial charge in [0.2, 0.25) is 11.8 Å². The van der Waals surface area contributed by atoms with Crippen LogP contribution in [0.2, 0.25) is 0 Å². The lowest BCUT2D eigenvalue weighted by atomic mass is 10.2. The molecule has 0 aliphatic heterocycles. The van der Waals surface area contributed by atoms with Crippen molar-refractivity contribution in [2.75, 3.05) is 6.54 Å². The van der Waals surface area contributed by atoms with Crippen molar-refractivity contribution in [3.8, 4) is 0 Å². The zero-order valence-corrected chi connectivity index (χ0v) is 20.3. The molecule has 6 heteroatoms. The third-order valence-corrected chi connectivity index (χ3v) is 5.82. The van der Waals surface area contributed by atoms with Crippen molar-refractivity contribution in [1.29, 1.82) is 0 Å². The smallest absolute Gasteiger partial charge is 0.242 e. The Morgan fingerprint density at radius 1 is 0.882 bits per heavy atom. The fourth-order valence-corrected chi connectivity index (χ4v) is 3.93. The fourth-order valence-electron chi connectivity index (χ4n) is 3.93. The molecule has 0 saturated heterocycles. The average Bonchev–Trinajstić information content (AvgIpc) is 3.25. The summed E-state index contributed by atoms with van der Waals surface area (Å²) < 4.78 is 15.4. The van der Waals surface area contributed by atoms with Gasteiger partial charge in [-0.3, -0.25) is 9.59 Å². The van der Waals surface area contributed by atoms with E-state index in [0.29, 0.717) is 26.1 Å². The van der Waals surface area contributed by atoms with Crippen LogP contribution in [0.4, 0.5) is 4.39 Å². The minimum absolute atomic E-state index is 0.00481. The highest BCUT2D eigenvalue weighted by Gasteiger charge is 2.24. The van der Waals surface area contributed by atoms with E-state index in [-0.39, 0.29) is 30.2 Å². The summed E-state index contributed by atoms with van der Waals surface area (Å²) in [7, 11) is 0. The van der Waals surface area contributed by atoms with Crippen molar-refractivity contribution in [2.45, 2.75) is 59.3 Å². The van der Waals surface area contributed by atoms with Gasteiger partial charge in [0, 0.05) is 37.4 Å². The third kappa shape index (κ3) is 7.04. The highest BCUT2D eigenvalue weighted by molar-refractivity contribution is 5.85. The average molecular weight is 464 g/mol. The number of nitrogens with zero attached hydrogens (tertiary/aromatic N) is 3. The van der Waals surface area contributed by atoms with E-state index in [1.54, 1.807) is 21.9 Å². The molecule has 3 aromatic rings. The maximum absolute atomic E-state index is 13.5. The standard InChI is InChI=1S/C28H34FN3O2/c1-4-9-27(33)32(22(2)3)21-28(34)31(19-23-10-6-5-7-11-23)20-26-12-8-17-30(26)18-24-13-15-25(29)16-14-24/h5-8,10-17,22H,4,9,18-21H2,1-3H3. The van der Waals surface area contributed by atoms with Gasteiger partial charge in [-0.15, -0.1) is 0 Å². The molecule has 1 aromatic heterocycles. The molecule has 0 aliphatic carbocycles. The first-order valence-corrected chi connectivity index (χ1v) is 11.9. The number of hydrogen-bond donors (Lipinski definition) is 0. The molecule has 1 heterocycles. The Bertz CT molecular complexity index is 1060. The van der Waals surface area contributed by atoms with Crippen molar-refractivity contribution in [3.05, 3.63) is 95.6 Å². The molecule has 34 heavy (non-hydrogen) atoms. The molecule has 0 saturated carbocycles. The van der Waals surface area contributed by atoms with Gasteiger partial charge in [0.1, 0.15) is 5.82 Å². The summed E-state index contributed by atoms with van der Waals surface area (Å²) in [5, 5.41) is 0. The van der Waals surface area contributed by atoms with Crippen molar-refractivity contribution < 1.29 is 14.0 Å². The predicted molar refractivity (Wildman–Crippen MR) is 132 cm³/mol. The Kier molecular flexibility index (Phi) is 9.02. The molecule has 0 radical (unpaired) electrons. The number of rotatable bonds is 11. The number of carbonyl (C=O) groups is 2. The molecule has 0 fully saturated rings. The molecule has 2 amide bonds. The number of aromatic nitrogens is 1. The Balaban J connectivity index is 1.81. The molecular weight excluding hydrogens is 429 g/mol. The molecule has 0 unspecified atom stereocenters. The van der Waals surface area contributed by atoms with Gasteiger partial charge in [-0.25, -0.2) is 4.39 Å². The number of benzene rings is 2. The zero-order valence-electron chi connectivity index (χ0n) is 20.3. The number of hydrogen-bond acceptors (Lipinski definition) is 2. The van der Waals surface area contributed by atoms with Gasteiger partial charge >= 0.3 is 0 Å². The summed E-state index contributed by atoms with van der Waals surface area (Å²) in [5.74, 6) is -0.342. The summed E-state index contributed by atoms with van der Waals surface area (Å²) in [6.07, 6.45) is 3.15. The molecule has 0 aliphatic rings. The van der Waals surface area contributed by atoms with Gasteiger partial charge in [0.05, 0.1) is 13.1 Å². The summed E-state index contributed by atoms with van der Waals surface area (Å²) in [6, 6.07) is 20.2. The second-order valence-electron chi connectivity index (χ2n) is 8.85. The monoisotopic (exact) mass is 463 g/mol. The first-order chi connectivity index (χ1) is 16.4. The second-order valence-corrected chi connectivity index (χ2v) is 8.85. The quantitative estimate of drug-likeness (QED) is 0.390. The molecule has 5 nitrogen and oxygen atoms in total. The predicted octanol–water partition coefficient (Wildman–Crippen LogP) is 5.24. The first kappa shape index (κ1) is 25.2. The van der Waals surface area contributed by atoms with Gasteiger partial charge in [0.15, 0.2) is 0 Å². The van der Waals surface area contributed by atoms with Crippen LogP contribution in [-0.4, -0.2) is 38.8 Å². The normalized spacial score (nSPS) is 11.0. The van der Waals surface area contributed by atoms with Crippen LogP contribution in [0.5, 0.6) is 0 Å². The Hall–Kier alpha value is -3.41. The summed E-state index contributed by atoms with van der Waals surface area (Å²) in [5.41, 5.74) is 2.99. The second kappa shape index (κ2) is 12.2. The Morgan fingerprint density at radius 2 is 1.59 bits per heavy atom. The van der Waals surface area contributed by atoms with Crippen molar-refractivity contribution >= 4 is 11.8 Å². The third-order valence-electron chi connectivity index (χ3n) is 5.82. The molecule has 2 aromatic carbocycles. The lowest BCUT2D eigenvalue weighted by molar-refractivity contribution is -0.142. The maximum Gasteiger partial charge on any atom is 0.242 e. The van der Waals surface area contributed by atoms with Crippen LogP contribution in [0.25, 0.3) is 0 Å². The number of halogens is 1. The molecule has 0 spiro atoms. The van der Waals surface area contributed by atoms with Crippen LogP contribution < -0.4 is 0 Å². The van der Waals surface area contributed by atoms with Gasteiger partial charge in [-0.2, -0.15) is 0 Å². The minimum atomic E-state index is -0.261. The molecule has 180 valence electrons. The van der Waals surface area contributed by atoms with Crippen LogP contribution in [0, 0.1) is 5.82 Å². The highest BCUT2D eigenvalue weighted by atomic mass is 19.1. The lowest BCUT2D eigenvalue weighted by Crippen LogP contribution is -2.45. The molecule has 0 atom stereocenters. The van der Waals surface area contributed by atoms with Crippen LogP contribution >= 0.6 is 0 Å². The van der Waals surface area contributed by atoms with Gasteiger partial charge < -0.3 is 14.4 Å². The summed E-state index contributed by atoms with van der Waals surface area (Å²) in [6.45, 7) is 7.36. The number of amides is 2. The van der Waals surface area contributed by atoms with E-state index in [2.05, 4.69) is 4.57 Å². The minimum Gasteiger partial charge on any atom is -0.345 e. The maximum atomic E-state index is 13.5. The molecule has 0 bridgehead atoms. The van der Waals surface area contributed by atoms with Crippen LogP contribution in [0.1, 0.15) is 50.4 Å². The Morgan fingerprint density at radius 3 is 2.24 bits per heavy atom. The van der Waals surface area contributed by atoms with Crippen LogP contribution in [0.3, 0.4) is 0 Å². The van der Waals surface area contributed by atoms with E-state index in [1.165, 1.54) is 12.1 Å². The highest BCUT2D eigenvalue weighted by Crippen LogP contribution is 2.15. The van der Waals surface area contributed by atoms with E-state index in [1.807, 2.05) is 69.4 Å². The lowest BCUT2D eigenvalue weighted by Gasteiger charge is -2.30. The summed E-state index contributed by atoms with van der Waals surface area (Å²) >= 11 is 0. The van der Waals surface area contributed by atoms with Crippen molar-refractivity contribution in [3.63, 3.8) is 0 Å². The van der Waals surface area contributed by atoms with Gasteiger partial charge in [-0.05, 0) is 55.7 Å². The molecule has 0 N–H and O–H groups in total. The Labute approximate surface area is 201 Å². The van der Waals surface area contributed by atoms with E-state index < -0.39 is 0 Å². The fraction of sp³-hybridized carbons (Fsp3) is 0.357. The number of carbonyl (C=O) groups excluding carboxylic acids is 2. The van der Waals surface area contributed by atoms with Crippen molar-refractivity contribution in [1.82, 2.24) is 14.4 Å². The van der Waals surface area contributed by atoms with E-state index >= 15 is 0 Å². The molecular formula is C28H34FN3O2. The van der Waals surface area contributed by atoms with Gasteiger partial charge in [-0.1, -0.05) is 49.4 Å². The largest absolute Gasteiger partial charge is 0.345 e. The van der Waals surface area contributed by atoms with Crippen LogP contribution in [-0.2, 0) is 29.2 Å². The topological polar surface area (TPSA) is 45.6 Å². The van der Waals surface area contributed by atoms with Crippen LogP contribution in [0.15, 0.2) is 72.9 Å². The zero-order chi connectivity index (χ0) is 24.5. The van der Waals surface area contributed by atoms with E-state index in [4.69, 9.17) is 0 Å². The first-order valence-electron chi connectivity index (χ1n) is 11.9. The van der Waals surface area contributed by atoms with Crippen molar-refractivity contribution in [2.24, 2.45) is 0 Å².